The van der Waals surface area contributed by atoms with Crippen LogP contribution in [0.2, 0.25) is 0 Å². The molecule has 2 aromatic carbocycles. The Morgan fingerprint density at radius 1 is 1.21 bits per heavy atom. The predicted molar refractivity (Wildman–Crippen MR) is 109 cm³/mol. The molecule has 0 saturated heterocycles. The monoisotopic (exact) mass is 384 g/mol. The molecule has 2 rings (SSSR count). The van der Waals surface area contributed by atoms with Crippen LogP contribution >= 0.6 is 0 Å². The molecule has 148 valence electrons. The third-order valence-corrected chi connectivity index (χ3v) is 3.98. The van der Waals surface area contributed by atoms with Gasteiger partial charge in [-0.05, 0) is 29.2 Å². The molecule has 0 bridgehead atoms. The number of hydrazone groups is 1. The van der Waals surface area contributed by atoms with Crippen molar-refractivity contribution < 1.29 is 14.5 Å². The fourth-order valence-corrected chi connectivity index (χ4v) is 2.40. The van der Waals surface area contributed by atoms with Crippen LogP contribution in [0.5, 0.6) is 5.75 Å². The van der Waals surface area contributed by atoms with Gasteiger partial charge in [-0.25, -0.2) is 5.43 Å². The summed E-state index contributed by atoms with van der Waals surface area (Å²) < 4.78 is 5.44. The summed E-state index contributed by atoms with van der Waals surface area (Å²) in [6.07, 6.45) is 1.34. The summed E-state index contributed by atoms with van der Waals surface area (Å²) in [5.41, 5.74) is 4.38. The second-order valence-electron chi connectivity index (χ2n) is 7.14. The molecule has 1 amide bonds. The van der Waals surface area contributed by atoms with Crippen molar-refractivity contribution in [3.8, 4) is 5.75 Å². The van der Waals surface area contributed by atoms with Gasteiger partial charge in [0.2, 0.25) is 0 Å². The normalized spacial score (nSPS) is 11.3. The van der Waals surface area contributed by atoms with E-state index in [4.69, 9.17) is 4.74 Å². The Morgan fingerprint density at radius 2 is 1.89 bits per heavy atom. The van der Waals surface area contributed by atoms with E-state index in [2.05, 4.69) is 36.6 Å². The zero-order valence-electron chi connectivity index (χ0n) is 16.4. The highest BCUT2D eigenvalue weighted by Gasteiger charge is 2.14. The molecule has 8 heteroatoms. The minimum atomic E-state index is -0.486. The Hall–Kier alpha value is -3.42. The smallest absolute Gasteiger partial charge is 0.292 e. The number of anilines is 1. The van der Waals surface area contributed by atoms with Gasteiger partial charge < -0.3 is 10.1 Å². The third-order valence-electron chi connectivity index (χ3n) is 3.98. The van der Waals surface area contributed by atoms with Crippen LogP contribution in [0.4, 0.5) is 11.4 Å². The molecule has 0 aliphatic carbocycles. The topological polar surface area (TPSA) is 106 Å². The van der Waals surface area contributed by atoms with Crippen molar-refractivity contribution in [3.05, 3.63) is 63.7 Å². The molecule has 0 unspecified atom stereocenters. The Balaban J connectivity index is 1.88. The predicted octanol–water partition coefficient (Wildman–Crippen LogP) is 3.46. The molecule has 0 spiro atoms. The van der Waals surface area contributed by atoms with Crippen LogP contribution in [-0.2, 0) is 10.2 Å². The van der Waals surface area contributed by atoms with Crippen LogP contribution in [0, 0.1) is 10.1 Å². The van der Waals surface area contributed by atoms with E-state index in [1.165, 1.54) is 17.8 Å². The lowest BCUT2D eigenvalue weighted by atomic mass is 9.87. The number of hydrogen-bond acceptors (Lipinski definition) is 6. The number of carbonyl (C=O) groups is 1. The zero-order chi connectivity index (χ0) is 20.7. The number of ether oxygens (including phenoxy) is 1. The Kier molecular flexibility index (Phi) is 6.70. The van der Waals surface area contributed by atoms with E-state index >= 15 is 0 Å². The van der Waals surface area contributed by atoms with Gasteiger partial charge in [0, 0.05) is 18.7 Å². The fourth-order valence-electron chi connectivity index (χ4n) is 2.40. The average Bonchev–Trinajstić information content (AvgIpc) is 2.66. The van der Waals surface area contributed by atoms with E-state index in [9.17, 15) is 14.9 Å². The molecule has 0 atom stereocenters. The van der Waals surface area contributed by atoms with E-state index in [-0.39, 0.29) is 17.7 Å². The molecular weight excluding hydrogens is 360 g/mol. The highest BCUT2D eigenvalue weighted by atomic mass is 16.6. The minimum Gasteiger partial charge on any atom is -0.484 e. The highest BCUT2D eigenvalue weighted by Crippen LogP contribution is 2.25. The van der Waals surface area contributed by atoms with Gasteiger partial charge in [-0.3, -0.25) is 14.9 Å². The lowest BCUT2D eigenvalue weighted by Gasteiger charge is -2.19. The standard InChI is InChI=1S/C20H24N4O4/c1-20(2,3)15-6-8-16(9-7-15)28-13-19(25)23-22-12-14-5-10-17(21-4)18(11-14)24(26)27/h5-12,21H,13H2,1-4H3,(H,23,25)/b22-12+. The van der Waals surface area contributed by atoms with Crippen molar-refractivity contribution in [1.82, 2.24) is 5.43 Å². The number of nitro groups is 1. The van der Waals surface area contributed by atoms with Crippen LogP contribution in [0.3, 0.4) is 0 Å². The molecular formula is C20H24N4O4. The number of hydrogen-bond donors (Lipinski definition) is 2. The van der Waals surface area contributed by atoms with E-state index in [0.717, 1.165) is 0 Å². The third kappa shape index (κ3) is 5.80. The molecule has 0 aliphatic heterocycles. The summed E-state index contributed by atoms with van der Waals surface area (Å²) in [4.78, 5) is 22.4. The van der Waals surface area contributed by atoms with Gasteiger partial charge in [-0.2, -0.15) is 5.10 Å². The molecule has 0 fully saturated rings. The summed E-state index contributed by atoms with van der Waals surface area (Å²) >= 11 is 0. The molecule has 0 heterocycles. The number of nitrogens with one attached hydrogen (secondary N) is 2. The van der Waals surface area contributed by atoms with Crippen molar-refractivity contribution in [2.75, 3.05) is 19.0 Å². The van der Waals surface area contributed by atoms with Gasteiger partial charge in [-0.1, -0.05) is 39.0 Å². The molecule has 28 heavy (non-hydrogen) atoms. The highest BCUT2D eigenvalue weighted by molar-refractivity contribution is 5.85. The summed E-state index contributed by atoms with van der Waals surface area (Å²) in [7, 11) is 1.60. The zero-order valence-corrected chi connectivity index (χ0v) is 16.4. The van der Waals surface area contributed by atoms with Gasteiger partial charge in [0.25, 0.3) is 11.6 Å². The van der Waals surface area contributed by atoms with Crippen LogP contribution in [-0.4, -0.2) is 30.7 Å². The van der Waals surface area contributed by atoms with Gasteiger partial charge in [0.1, 0.15) is 11.4 Å². The van der Waals surface area contributed by atoms with Crippen molar-refractivity contribution in [2.45, 2.75) is 26.2 Å². The maximum absolute atomic E-state index is 11.8. The Labute approximate surface area is 163 Å². The van der Waals surface area contributed by atoms with Crippen molar-refractivity contribution in [3.63, 3.8) is 0 Å². The maximum Gasteiger partial charge on any atom is 0.292 e. The quantitative estimate of drug-likeness (QED) is 0.432. The first-order chi connectivity index (χ1) is 13.2. The molecule has 0 saturated carbocycles. The van der Waals surface area contributed by atoms with Gasteiger partial charge in [0.15, 0.2) is 6.61 Å². The molecule has 2 N–H and O–H groups in total. The number of nitrogens with zero attached hydrogens (tertiary/aromatic N) is 2. The summed E-state index contributed by atoms with van der Waals surface area (Å²) in [5, 5.41) is 17.6. The first-order valence-electron chi connectivity index (χ1n) is 8.72. The van der Waals surface area contributed by atoms with Crippen LogP contribution in [0.15, 0.2) is 47.6 Å². The van der Waals surface area contributed by atoms with Crippen molar-refractivity contribution in [1.29, 1.82) is 0 Å². The molecule has 0 radical (unpaired) electrons. The summed E-state index contributed by atoms with van der Waals surface area (Å²) in [5.74, 6) is 0.155. The van der Waals surface area contributed by atoms with E-state index in [1.54, 1.807) is 19.2 Å². The lowest BCUT2D eigenvalue weighted by molar-refractivity contribution is -0.383. The largest absolute Gasteiger partial charge is 0.484 e. The fraction of sp³-hybridized carbons (Fsp3) is 0.300. The van der Waals surface area contributed by atoms with Gasteiger partial charge in [0.05, 0.1) is 11.1 Å². The average molecular weight is 384 g/mol. The lowest BCUT2D eigenvalue weighted by Crippen LogP contribution is -2.24. The Bertz CT molecular complexity index is 871. The minimum absolute atomic E-state index is 0.0467. The number of rotatable bonds is 7. The second kappa shape index (κ2) is 8.98. The Morgan fingerprint density at radius 3 is 2.46 bits per heavy atom. The molecule has 0 aromatic heterocycles. The van der Waals surface area contributed by atoms with Crippen LogP contribution in [0.1, 0.15) is 31.9 Å². The van der Waals surface area contributed by atoms with Crippen LogP contribution in [0.25, 0.3) is 0 Å². The number of carbonyl (C=O) groups excluding carboxylic acids is 1. The SMILES string of the molecule is CNc1ccc(/C=N/NC(=O)COc2ccc(C(C)(C)C)cc2)cc1[N+](=O)[O-]. The van der Waals surface area contributed by atoms with Crippen LogP contribution < -0.4 is 15.5 Å². The number of nitro benzene ring substituents is 1. The summed E-state index contributed by atoms with van der Waals surface area (Å²) in [6.45, 7) is 6.17. The first kappa shape index (κ1) is 20.9. The van der Waals surface area contributed by atoms with Gasteiger partial charge in [-0.15, -0.1) is 0 Å². The van der Waals surface area contributed by atoms with E-state index < -0.39 is 10.8 Å². The number of amides is 1. The van der Waals surface area contributed by atoms with Crippen molar-refractivity contribution in [2.24, 2.45) is 5.10 Å². The van der Waals surface area contributed by atoms with Gasteiger partial charge >= 0.3 is 0 Å². The molecule has 8 nitrogen and oxygen atoms in total. The van der Waals surface area contributed by atoms with E-state index in [0.29, 0.717) is 17.0 Å². The maximum atomic E-state index is 11.8. The van der Waals surface area contributed by atoms with E-state index in [1.807, 2.05) is 24.3 Å². The van der Waals surface area contributed by atoms with Crippen molar-refractivity contribution >= 4 is 23.5 Å². The molecule has 2 aromatic rings. The second-order valence-corrected chi connectivity index (χ2v) is 7.14. The first-order valence-corrected chi connectivity index (χ1v) is 8.72. The molecule has 0 aliphatic rings. The number of benzene rings is 2. The summed E-state index contributed by atoms with van der Waals surface area (Å²) in [6, 6.07) is 12.2.